The molecule has 3 heteroatoms. The van der Waals surface area contributed by atoms with E-state index in [1.54, 1.807) is 0 Å². The minimum Gasteiger partial charge on any atom is -0.481 e. The van der Waals surface area contributed by atoms with Gasteiger partial charge in [-0.25, -0.2) is 0 Å². The molecule has 0 aliphatic heterocycles. The number of aliphatic hydroxyl groups excluding tert-OH is 1. The Bertz CT molecular complexity index is 46.8. The maximum Gasteiger partial charge on any atom is 0.269 e. The van der Waals surface area contributed by atoms with E-state index in [2.05, 4.69) is 0 Å². The second kappa shape index (κ2) is 4.63. The van der Waals surface area contributed by atoms with Crippen LogP contribution in [-0.2, 0) is 0 Å². The Morgan fingerprint density at radius 1 is 1.50 bits per heavy atom. The van der Waals surface area contributed by atoms with Crippen molar-refractivity contribution in [3.05, 3.63) is 12.0 Å². The van der Waals surface area contributed by atoms with Gasteiger partial charge in [0.2, 0.25) is 0 Å². The summed E-state index contributed by atoms with van der Waals surface area (Å²) in [7, 11) is 0. The molecule has 0 aliphatic carbocycles. The Morgan fingerprint density at radius 2 is 1.67 bits per heavy atom. The van der Waals surface area contributed by atoms with E-state index in [0.717, 1.165) is 0 Å². The molecule has 0 bridgehead atoms. The zero-order chi connectivity index (χ0) is 4.28. The van der Waals surface area contributed by atoms with Crippen LogP contribution in [0.15, 0.2) is 12.0 Å². The van der Waals surface area contributed by atoms with Crippen LogP contribution in [0.3, 0.4) is 0 Å². The summed E-state index contributed by atoms with van der Waals surface area (Å²) in [6.45, 7) is 1.54. The third kappa shape index (κ3) is 9.45. The van der Waals surface area contributed by atoms with Gasteiger partial charge in [0.1, 0.15) is 0 Å². The van der Waals surface area contributed by atoms with Crippen LogP contribution in [0.5, 0.6) is 0 Å². The largest absolute Gasteiger partial charge is 0.481 e. The SMILES string of the molecule is CC=C(O)O.Cl. The van der Waals surface area contributed by atoms with Crippen molar-refractivity contribution >= 4 is 12.4 Å². The van der Waals surface area contributed by atoms with Gasteiger partial charge in [0.05, 0.1) is 0 Å². The van der Waals surface area contributed by atoms with Crippen molar-refractivity contribution in [1.29, 1.82) is 0 Å². The van der Waals surface area contributed by atoms with Crippen molar-refractivity contribution in [2.24, 2.45) is 0 Å². The quantitative estimate of drug-likeness (QED) is 0.463. The van der Waals surface area contributed by atoms with E-state index in [0.29, 0.717) is 0 Å². The van der Waals surface area contributed by atoms with E-state index in [4.69, 9.17) is 10.2 Å². The molecule has 0 radical (unpaired) electrons. The standard InChI is InChI=1S/C3H6O2.ClH/c1-2-3(4)5;/h2,4-5H,1H3;1H. The van der Waals surface area contributed by atoms with Crippen LogP contribution in [0, 0.1) is 0 Å². The molecule has 0 rings (SSSR count). The minimum absolute atomic E-state index is 0. The molecular formula is C3H7ClO2. The van der Waals surface area contributed by atoms with Gasteiger partial charge >= 0.3 is 0 Å². The van der Waals surface area contributed by atoms with E-state index in [1.807, 2.05) is 0 Å². The first-order valence-corrected chi connectivity index (χ1v) is 1.31. The number of allylic oxidation sites excluding steroid dienone is 1. The van der Waals surface area contributed by atoms with Crippen molar-refractivity contribution in [2.45, 2.75) is 6.92 Å². The number of hydrogen-bond acceptors (Lipinski definition) is 2. The Hall–Kier alpha value is -0.370. The lowest BCUT2D eigenvalue weighted by atomic mass is 10.7. The second-order valence-corrected chi connectivity index (χ2v) is 0.647. The normalized spacial score (nSPS) is 5.50. The van der Waals surface area contributed by atoms with E-state index < -0.39 is 5.95 Å². The maximum absolute atomic E-state index is 7.78. The molecule has 0 atom stereocenters. The summed E-state index contributed by atoms with van der Waals surface area (Å²) in [5, 5.41) is 15.6. The molecule has 2 N–H and O–H groups in total. The molecule has 0 aromatic rings. The van der Waals surface area contributed by atoms with Crippen LogP contribution in [0.4, 0.5) is 0 Å². The van der Waals surface area contributed by atoms with Gasteiger partial charge in [-0.1, -0.05) is 0 Å². The van der Waals surface area contributed by atoms with Crippen LogP contribution >= 0.6 is 12.4 Å². The second-order valence-electron chi connectivity index (χ2n) is 0.647. The first kappa shape index (κ1) is 9.16. The van der Waals surface area contributed by atoms with Crippen molar-refractivity contribution in [3.8, 4) is 0 Å². The fraction of sp³-hybridized carbons (Fsp3) is 0.333. The Labute approximate surface area is 42.5 Å². The average molecular weight is 111 g/mol. The fourth-order valence-electron chi connectivity index (χ4n) is 0. The highest BCUT2D eigenvalue weighted by atomic mass is 35.5. The summed E-state index contributed by atoms with van der Waals surface area (Å²) in [4.78, 5) is 0. The molecule has 0 heterocycles. The van der Waals surface area contributed by atoms with Crippen LogP contribution < -0.4 is 0 Å². The predicted molar refractivity (Wildman–Crippen MR) is 26.3 cm³/mol. The van der Waals surface area contributed by atoms with Crippen LogP contribution in [0.1, 0.15) is 6.92 Å². The van der Waals surface area contributed by atoms with Gasteiger partial charge in [0, 0.05) is 0 Å². The molecule has 6 heavy (non-hydrogen) atoms. The molecule has 0 saturated carbocycles. The van der Waals surface area contributed by atoms with Gasteiger partial charge in [0.15, 0.2) is 0 Å². The fourth-order valence-corrected chi connectivity index (χ4v) is 0. The van der Waals surface area contributed by atoms with Gasteiger partial charge in [-0.3, -0.25) is 0 Å². The molecule has 0 spiro atoms. The van der Waals surface area contributed by atoms with Gasteiger partial charge in [-0.05, 0) is 13.0 Å². The monoisotopic (exact) mass is 110 g/mol. The smallest absolute Gasteiger partial charge is 0.269 e. The summed E-state index contributed by atoms with van der Waals surface area (Å²) in [5.74, 6) is -0.620. The number of aliphatic hydroxyl groups is 2. The molecular weight excluding hydrogens is 103 g/mol. The van der Waals surface area contributed by atoms with E-state index in [1.165, 1.54) is 13.0 Å². The van der Waals surface area contributed by atoms with Gasteiger partial charge in [-0.15, -0.1) is 12.4 Å². The zero-order valence-corrected chi connectivity index (χ0v) is 4.20. The van der Waals surface area contributed by atoms with Gasteiger partial charge < -0.3 is 10.2 Å². The Morgan fingerprint density at radius 3 is 1.67 bits per heavy atom. The van der Waals surface area contributed by atoms with Crippen LogP contribution in [0.25, 0.3) is 0 Å². The first-order chi connectivity index (χ1) is 2.27. The van der Waals surface area contributed by atoms with Crippen molar-refractivity contribution < 1.29 is 10.2 Å². The predicted octanol–water partition coefficient (Wildman–Crippen LogP) is 1.39. The van der Waals surface area contributed by atoms with Gasteiger partial charge in [-0.2, -0.15) is 0 Å². The lowest BCUT2D eigenvalue weighted by Gasteiger charge is -1.75. The molecule has 0 saturated heterocycles. The number of halogens is 1. The summed E-state index contributed by atoms with van der Waals surface area (Å²) in [6, 6.07) is 0. The third-order valence-corrected chi connectivity index (χ3v) is 0.258. The summed E-state index contributed by atoms with van der Waals surface area (Å²) < 4.78 is 0. The van der Waals surface area contributed by atoms with Crippen molar-refractivity contribution in [3.63, 3.8) is 0 Å². The molecule has 0 aliphatic rings. The zero-order valence-electron chi connectivity index (χ0n) is 3.38. The maximum atomic E-state index is 7.78. The highest BCUT2D eigenvalue weighted by molar-refractivity contribution is 5.85. The minimum atomic E-state index is -0.620. The molecule has 0 aromatic heterocycles. The van der Waals surface area contributed by atoms with E-state index >= 15 is 0 Å². The summed E-state index contributed by atoms with van der Waals surface area (Å²) in [5.41, 5.74) is 0. The Kier molecular flexibility index (Phi) is 7.07. The summed E-state index contributed by atoms with van der Waals surface area (Å²) >= 11 is 0. The number of hydrogen-bond donors (Lipinski definition) is 2. The van der Waals surface area contributed by atoms with Crippen molar-refractivity contribution in [1.82, 2.24) is 0 Å². The van der Waals surface area contributed by atoms with Crippen molar-refractivity contribution in [2.75, 3.05) is 0 Å². The third-order valence-electron chi connectivity index (χ3n) is 0.258. The molecule has 0 amide bonds. The molecule has 0 aromatic carbocycles. The van der Waals surface area contributed by atoms with Crippen LogP contribution in [0.2, 0.25) is 0 Å². The molecule has 0 unspecified atom stereocenters. The molecule has 0 fully saturated rings. The van der Waals surface area contributed by atoms with E-state index in [9.17, 15) is 0 Å². The van der Waals surface area contributed by atoms with Crippen LogP contribution in [-0.4, -0.2) is 10.2 Å². The average Bonchev–Trinajstić information content (AvgIpc) is 1.38. The van der Waals surface area contributed by atoms with E-state index in [-0.39, 0.29) is 12.4 Å². The molecule has 38 valence electrons. The van der Waals surface area contributed by atoms with Gasteiger partial charge in [0.25, 0.3) is 5.95 Å². The highest BCUT2D eigenvalue weighted by Gasteiger charge is 1.66. The lowest BCUT2D eigenvalue weighted by Crippen LogP contribution is -1.68. The number of rotatable bonds is 0. The lowest BCUT2D eigenvalue weighted by molar-refractivity contribution is 0.190. The topological polar surface area (TPSA) is 40.5 Å². The first-order valence-electron chi connectivity index (χ1n) is 1.31. The highest BCUT2D eigenvalue weighted by Crippen LogP contribution is 1.71. The Balaban J connectivity index is 0. The summed E-state index contributed by atoms with van der Waals surface area (Å²) in [6.07, 6.45) is 1.19. The molecule has 2 nitrogen and oxygen atoms in total.